The van der Waals surface area contributed by atoms with E-state index in [1.807, 2.05) is 0 Å². The maximum Gasteiger partial charge on any atom is 0.266 e. The first-order valence-corrected chi connectivity index (χ1v) is 6.95. The molecular formula is C13H15F2NO3S. The average Bonchev–Trinajstić information content (AvgIpc) is 2.95. The summed E-state index contributed by atoms with van der Waals surface area (Å²) in [5, 5.41) is 1.54. The van der Waals surface area contributed by atoms with Crippen LogP contribution in [0.1, 0.15) is 23.8 Å². The number of alkyl halides is 2. The van der Waals surface area contributed by atoms with Gasteiger partial charge in [0.15, 0.2) is 0 Å². The van der Waals surface area contributed by atoms with Crippen molar-refractivity contribution in [1.29, 1.82) is 0 Å². The van der Waals surface area contributed by atoms with Gasteiger partial charge in [-0.15, -0.1) is 11.3 Å². The molecule has 1 atom stereocenters. The summed E-state index contributed by atoms with van der Waals surface area (Å²) in [6.45, 7) is 2.04. The summed E-state index contributed by atoms with van der Waals surface area (Å²) >= 11 is 1.10. The Morgan fingerprint density at radius 3 is 2.75 bits per heavy atom. The molecule has 7 heteroatoms. The molecule has 0 N–H and O–H groups in total. The second-order valence-corrected chi connectivity index (χ2v) is 5.27. The summed E-state index contributed by atoms with van der Waals surface area (Å²) in [5.41, 5.74) is 0.0113. The maximum atomic E-state index is 13.0. The van der Waals surface area contributed by atoms with E-state index in [-0.39, 0.29) is 21.9 Å². The number of carbonyl (C=O) groups is 1. The highest BCUT2D eigenvalue weighted by Gasteiger charge is 2.39. The second kappa shape index (κ2) is 5.88. The molecule has 0 aliphatic carbocycles. The van der Waals surface area contributed by atoms with E-state index in [1.54, 1.807) is 31.3 Å². The summed E-state index contributed by atoms with van der Waals surface area (Å²) in [7, 11) is 3.37. The molecule has 0 spiro atoms. The zero-order valence-corrected chi connectivity index (χ0v) is 12.2. The lowest BCUT2D eigenvalue weighted by Crippen LogP contribution is -2.22. The first-order chi connectivity index (χ1) is 9.47. The predicted octanol–water partition coefficient (Wildman–Crippen LogP) is 2.88. The van der Waals surface area contributed by atoms with Crippen LogP contribution in [0.3, 0.4) is 0 Å². The van der Waals surface area contributed by atoms with Crippen molar-refractivity contribution in [2.75, 3.05) is 20.7 Å². The van der Waals surface area contributed by atoms with Crippen LogP contribution in [-0.2, 0) is 14.3 Å². The standard InChI is InChI=1S/C13H15F2NO3S/c1-4-18-13-9(17)8(12(19-13)16(2)3)10-7(11(14)15)5-6-20-10/h5-6,11,13H,4H2,1-3H3. The zero-order valence-electron chi connectivity index (χ0n) is 11.4. The van der Waals surface area contributed by atoms with Crippen LogP contribution in [0.5, 0.6) is 0 Å². The summed E-state index contributed by atoms with van der Waals surface area (Å²) < 4.78 is 36.6. The van der Waals surface area contributed by atoms with Gasteiger partial charge >= 0.3 is 0 Å². The molecule has 0 bridgehead atoms. The Labute approximate surface area is 119 Å². The van der Waals surface area contributed by atoms with E-state index < -0.39 is 18.5 Å². The van der Waals surface area contributed by atoms with Crippen LogP contribution in [0.25, 0.3) is 5.57 Å². The zero-order chi connectivity index (χ0) is 14.9. The molecule has 0 amide bonds. The fourth-order valence-electron chi connectivity index (χ4n) is 1.93. The van der Waals surface area contributed by atoms with E-state index in [2.05, 4.69) is 0 Å². The van der Waals surface area contributed by atoms with Gasteiger partial charge in [0.25, 0.3) is 12.7 Å². The molecule has 0 fully saturated rings. The average molecular weight is 303 g/mol. The van der Waals surface area contributed by atoms with Crippen LogP contribution in [0.4, 0.5) is 8.78 Å². The molecule has 1 aliphatic heterocycles. The molecule has 0 saturated carbocycles. The largest absolute Gasteiger partial charge is 0.441 e. The molecule has 1 aliphatic rings. The molecule has 2 rings (SSSR count). The Bertz CT molecular complexity index is 539. The van der Waals surface area contributed by atoms with Crippen LogP contribution in [-0.4, -0.2) is 37.7 Å². The number of thiophene rings is 1. The third kappa shape index (κ3) is 2.55. The Morgan fingerprint density at radius 2 is 2.20 bits per heavy atom. The van der Waals surface area contributed by atoms with E-state index in [0.29, 0.717) is 6.61 Å². The Morgan fingerprint density at radius 1 is 1.50 bits per heavy atom. The highest BCUT2D eigenvalue weighted by atomic mass is 32.1. The van der Waals surface area contributed by atoms with Crippen LogP contribution >= 0.6 is 11.3 Å². The lowest BCUT2D eigenvalue weighted by Gasteiger charge is -2.16. The van der Waals surface area contributed by atoms with Crippen molar-refractivity contribution in [2.45, 2.75) is 19.6 Å². The third-order valence-electron chi connectivity index (χ3n) is 2.78. The van der Waals surface area contributed by atoms with Gasteiger partial charge in [-0.25, -0.2) is 8.78 Å². The fraction of sp³-hybridized carbons (Fsp3) is 0.462. The number of Topliss-reactive ketones (excluding diaryl/α,β-unsaturated/α-hetero) is 1. The van der Waals surface area contributed by atoms with Crippen LogP contribution in [0, 0.1) is 0 Å². The van der Waals surface area contributed by atoms with Gasteiger partial charge in [-0.3, -0.25) is 4.79 Å². The van der Waals surface area contributed by atoms with Crippen molar-refractivity contribution in [1.82, 2.24) is 4.90 Å². The summed E-state index contributed by atoms with van der Waals surface area (Å²) in [6.07, 6.45) is -3.69. The molecule has 0 aromatic carbocycles. The van der Waals surface area contributed by atoms with E-state index in [1.165, 1.54) is 6.07 Å². The van der Waals surface area contributed by atoms with Gasteiger partial charge in [-0.05, 0) is 18.4 Å². The normalized spacial score (nSPS) is 18.9. The lowest BCUT2D eigenvalue weighted by atomic mass is 10.1. The van der Waals surface area contributed by atoms with Crippen molar-refractivity contribution in [3.63, 3.8) is 0 Å². The number of hydrogen-bond donors (Lipinski definition) is 0. The minimum absolute atomic E-state index is 0.154. The third-order valence-corrected chi connectivity index (χ3v) is 3.72. The van der Waals surface area contributed by atoms with Gasteiger partial charge < -0.3 is 14.4 Å². The quantitative estimate of drug-likeness (QED) is 0.838. The molecule has 4 nitrogen and oxygen atoms in total. The maximum absolute atomic E-state index is 13.0. The van der Waals surface area contributed by atoms with Crippen molar-refractivity contribution in [3.05, 3.63) is 27.8 Å². The van der Waals surface area contributed by atoms with Gasteiger partial charge in [-0.1, -0.05) is 0 Å². The smallest absolute Gasteiger partial charge is 0.266 e. The molecule has 1 aromatic heterocycles. The lowest BCUT2D eigenvalue weighted by molar-refractivity contribution is -0.150. The number of rotatable bonds is 5. The Kier molecular flexibility index (Phi) is 4.39. The van der Waals surface area contributed by atoms with Crippen LogP contribution in [0.2, 0.25) is 0 Å². The second-order valence-electron chi connectivity index (χ2n) is 4.35. The SMILES string of the molecule is CCOC1OC(N(C)C)=C(c2sccc2C(F)F)C1=O. The monoisotopic (exact) mass is 303 g/mol. The van der Waals surface area contributed by atoms with E-state index in [4.69, 9.17) is 9.47 Å². The predicted molar refractivity (Wildman–Crippen MR) is 71.4 cm³/mol. The molecule has 20 heavy (non-hydrogen) atoms. The minimum atomic E-state index is -2.63. The van der Waals surface area contributed by atoms with E-state index >= 15 is 0 Å². The number of nitrogens with zero attached hydrogens (tertiary/aromatic N) is 1. The molecule has 1 unspecified atom stereocenters. The highest BCUT2D eigenvalue weighted by molar-refractivity contribution is 7.11. The summed E-state index contributed by atoms with van der Waals surface area (Å²) in [5.74, 6) is -0.155. The fourth-order valence-corrected chi connectivity index (χ4v) is 2.88. The minimum Gasteiger partial charge on any atom is -0.441 e. The van der Waals surface area contributed by atoms with Crippen molar-refractivity contribution < 1.29 is 23.0 Å². The van der Waals surface area contributed by atoms with Crippen LogP contribution < -0.4 is 0 Å². The van der Waals surface area contributed by atoms with Crippen molar-refractivity contribution in [3.8, 4) is 0 Å². The topological polar surface area (TPSA) is 38.8 Å². The van der Waals surface area contributed by atoms with E-state index in [0.717, 1.165) is 11.3 Å². The summed E-state index contributed by atoms with van der Waals surface area (Å²) in [6, 6.07) is 1.33. The number of halogens is 2. The number of carbonyl (C=O) groups excluding carboxylic acids is 1. The first-order valence-electron chi connectivity index (χ1n) is 6.07. The molecule has 0 radical (unpaired) electrons. The number of ketones is 1. The van der Waals surface area contributed by atoms with Crippen molar-refractivity contribution >= 4 is 22.7 Å². The van der Waals surface area contributed by atoms with E-state index in [9.17, 15) is 13.6 Å². The Balaban J connectivity index is 2.47. The number of ether oxygens (including phenoxy) is 2. The van der Waals surface area contributed by atoms with Gasteiger partial charge in [0, 0.05) is 26.3 Å². The van der Waals surface area contributed by atoms with Gasteiger partial charge in [0.05, 0.1) is 4.88 Å². The summed E-state index contributed by atoms with van der Waals surface area (Å²) in [4.78, 5) is 14.1. The van der Waals surface area contributed by atoms with Gasteiger partial charge in [-0.2, -0.15) is 0 Å². The molecule has 2 heterocycles. The van der Waals surface area contributed by atoms with Gasteiger partial charge in [0.1, 0.15) is 5.57 Å². The van der Waals surface area contributed by atoms with Gasteiger partial charge in [0.2, 0.25) is 11.7 Å². The molecule has 0 saturated heterocycles. The van der Waals surface area contributed by atoms with Crippen LogP contribution in [0.15, 0.2) is 17.3 Å². The van der Waals surface area contributed by atoms with Crippen molar-refractivity contribution in [2.24, 2.45) is 0 Å². The number of hydrogen-bond acceptors (Lipinski definition) is 5. The highest BCUT2D eigenvalue weighted by Crippen LogP contribution is 2.39. The first kappa shape index (κ1) is 14.9. The molecule has 1 aromatic rings. The Hall–Kier alpha value is -1.47. The molecular weight excluding hydrogens is 288 g/mol. The molecule has 110 valence electrons.